The van der Waals surface area contributed by atoms with Crippen molar-refractivity contribution in [2.24, 2.45) is 0 Å². The predicted molar refractivity (Wildman–Crippen MR) is 302 cm³/mol. The van der Waals surface area contributed by atoms with Gasteiger partial charge in [-0.05, 0) is 77.0 Å². The largest absolute Gasteiger partial charge is 0.462 e. The number of rotatable bonds is 56. The van der Waals surface area contributed by atoms with Crippen LogP contribution in [0.2, 0.25) is 0 Å². The van der Waals surface area contributed by atoms with Crippen LogP contribution >= 0.6 is 0 Å². The molecule has 70 heavy (non-hydrogen) atoms. The van der Waals surface area contributed by atoms with Gasteiger partial charge in [0.25, 0.3) is 0 Å². The molecule has 0 aliphatic carbocycles. The summed E-state index contributed by atoms with van der Waals surface area (Å²) in [5.41, 5.74) is 0. The smallest absolute Gasteiger partial charge is 0.306 e. The quantitative estimate of drug-likeness (QED) is 0.0261. The maximum atomic E-state index is 12.9. The van der Waals surface area contributed by atoms with Gasteiger partial charge in [-0.1, -0.05) is 275 Å². The molecule has 0 aromatic carbocycles. The van der Waals surface area contributed by atoms with Crippen LogP contribution in [-0.4, -0.2) is 37.2 Å². The van der Waals surface area contributed by atoms with Gasteiger partial charge in [-0.15, -0.1) is 0 Å². The number of hydrogen-bond donors (Lipinski definition) is 0. The molecule has 0 aliphatic rings. The van der Waals surface area contributed by atoms with Crippen LogP contribution in [0.1, 0.15) is 323 Å². The van der Waals surface area contributed by atoms with Crippen molar-refractivity contribution < 1.29 is 28.6 Å². The van der Waals surface area contributed by atoms with Crippen molar-refractivity contribution in [3.63, 3.8) is 0 Å². The number of ether oxygens (including phenoxy) is 3. The van der Waals surface area contributed by atoms with Crippen molar-refractivity contribution >= 4 is 17.9 Å². The Morgan fingerprint density at radius 1 is 0.300 bits per heavy atom. The Morgan fingerprint density at radius 3 is 0.900 bits per heavy atom. The molecule has 0 aromatic rings. The van der Waals surface area contributed by atoms with Crippen LogP contribution in [0.3, 0.4) is 0 Å². The number of hydrogen-bond acceptors (Lipinski definition) is 6. The van der Waals surface area contributed by atoms with Gasteiger partial charge >= 0.3 is 17.9 Å². The highest BCUT2D eigenvalue weighted by Gasteiger charge is 2.19. The third kappa shape index (κ3) is 56.3. The highest BCUT2D eigenvalue weighted by molar-refractivity contribution is 5.71. The molecule has 0 bridgehead atoms. The lowest BCUT2D eigenvalue weighted by atomic mass is 10.0. The van der Waals surface area contributed by atoms with E-state index in [2.05, 4.69) is 69.4 Å². The van der Waals surface area contributed by atoms with E-state index in [1.54, 1.807) is 0 Å². The molecule has 6 nitrogen and oxygen atoms in total. The van der Waals surface area contributed by atoms with Crippen LogP contribution in [0.15, 0.2) is 48.6 Å². The zero-order valence-electron chi connectivity index (χ0n) is 46.8. The van der Waals surface area contributed by atoms with Crippen LogP contribution < -0.4 is 0 Å². The molecule has 0 radical (unpaired) electrons. The maximum Gasteiger partial charge on any atom is 0.306 e. The topological polar surface area (TPSA) is 78.9 Å². The third-order valence-corrected chi connectivity index (χ3v) is 13.6. The van der Waals surface area contributed by atoms with E-state index in [1.807, 2.05) is 0 Å². The molecule has 0 aromatic heterocycles. The maximum absolute atomic E-state index is 12.9. The fraction of sp³-hybridized carbons (Fsp3) is 0.828. The fourth-order valence-electron chi connectivity index (χ4n) is 8.98. The molecule has 0 N–H and O–H groups in total. The Balaban J connectivity index is 4.32. The van der Waals surface area contributed by atoms with Crippen molar-refractivity contribution in [2.75, 3.05) is 13.2 Å². The SMILES string of the molecule is CC/C=C\C/C=C\C/C=C\CCCCCC(=O)OCC(COC(=O)CCCCCCCCCCCCCCCCCCCCCCC)OC(=O)CCCCCCCCC/C=C\CCCCCCCCC. The Morgan fingerprint density at radius 2 is 0.557 bits per heavy atom. The molecule has 0 saturated heterocycles. The van der Waals surface area contributed by atoms with E-state index >= 15 is 0 Å². The van der Waals surface area contributed by atoms with E-state index in [4.69, 9.17) is 14.2 Å². The first-order valence-corrected chi connectivity index (χ1v) is 30.6. The molecule has 0 spiro atoms. The van der Waals surface area contributed by atoms with Crippen molar-refractivity contribution in [1.29, 1.82) is 0 Å². The summed E-state index contributed by atoms with van der Waals surface area (Å²) in [4.78, 5) is 38.2. The van der Waals surface area contributed by atoms with E-state index < -0.39 is 6.10 Å². The second-order valence-electron chi connectivity index (χ2n) is 20.6. The summed E-state index contributed by atoms with van der Waals surface area (Å²) in [6, 6.07) is 0. The third-order valence-electron chi connectivity index (χ3n) is 13.6. The van der Waals surface area contributed by atoms with Gasteiger partial charge in [-0.2, -0.15) is 0 Å². The minimum absolute atomic E-state index is 0.0810. The lowest BCUT2D eigenvalue weighted by Gasteiger charge is -2.18. The van der Waals surface area contributed by atoms with Crippen LogP contribution in [0.5, 0.6) is 0 Å². The molecule has 0 fully saturated rings. The Hall–Kier alpha value is -2.63. The molecule has 0 rings (SSSR count). The van der Waals surface area contributed by atoms with Gasteiger partial charge in [0.1, 0.15) is 13.2 Å². The van der Waals surface area contributed by atoms with Gasteiger partial charge < -0.3 is 14.2 Å². The highest BCUT2D eigenvalue weighted by Crippen LogP contribution is 2.17. The summed E-state index contributed by atoms with van der Waals surface area (Å²) >= 11 is 0. The van der Waals surface area contributed by atoms with Crippen LogP contribution in [0, 0.1) is 0 Å². The second-order valence-corrected chi connectivity index (χ2v) is 20.6. The number of carbonyl (C=O) groups excluding carboxylic acids is 3. The van der Waals surface area contributed by atoms with Crippen molar-refractivity contribution in [3.05, 3.63) is 48.6 Å². The molecule has 0 amide bonds. The summed E-state index contributed by atoms with van der Waals surface area (Å²) < 4.78 is 16.9. The molecule has 0 heterocycles. The molecule has 1 atom stereocenters. The van der Waals surface area contributed by atoms with Gasteiger partial charge in [0.05, 0.1) is 0 Å². The fourth-order valence-corrected chi connectivity index (χ4v) is 8.98. The minimum Gasteiger partial charge on any atom is -0.462 e. The second kappa shape index (κ2) is 58.9. The zero-order chi connectivity index (χ0) is 50.7. The number of carbonyl (C=O) groups is 3. The van der Waals surface area contributed by atoms with Crippen LogP contribution in [-0.2, 0) is 28.6 Å². The summed E-state index contributed by atoms with van der Waals surface area (Å²) in [5.74, 6) is -0.898. The molecular weight excluding hydrogens is 865 g/mol. The van der Waals surface area contributed by atoms with Crippen molar-refractivity contribution in [1.82, 2.24) is 0 Å². The van der Waals surface area contributed by atoms with Gasteiger partial charge in [-0.25, -0.2) is 0 Å². The minimum atomic E-state index is -0.786. The predicted octanol–water partition coefficient (Wildman–Crippen LogP) is 20.6. The van der Waals surface area contributed by atoms with Gasteiger partial charge in [0.15, 0.2) is 6.10 Å². The lowest BCUT2D eigenvalue weighted by Crippen LogP contribution is -2.30. The van der Waals surface area contributed by atoms with E-state index in [-0.39, 0.29) is 31.1 Å². The Kier molecular flexibility index (Phi) is 56.7. The molecular formula is C64H116O6. The summed E-state index contributed by atoms with van der Waals surface area (Å²) in [5, 5.41) is 0. The van der Waals surface area contributed by atoms with Gasteiger partial charge in [-0.3, -0.25) is 14.4 Å². The molecule has 6 heteroatoms. The van der Waals surface area contributed by atoms with Gasteiger partial charge in [0, 0.05) is 19.3 Å². The highest BCUT2D eigenvalue weighted by atomic mass is 16.6. The van der Waals surface area contributed by atoms with Gasteiger partial charge in [0.2, 0.25) is 0 Å². The zero-order valence-corrected chi connectivity index (χ0v) is 46.8. The normalized spacial score (nSPS) is 12.3. The first-order valence-electron chi connectivity index (χ1n) is 30.6. The average molecular weight is 982 g/mol. The molecule has 0 saturated carbocycles. The summed E-state index contributed by atoms with van der Waals surface area (Å²) in [6.07, 6.45) is 72.6. The number of esters is 3. The lowest BCUT2D eigenvalue weighted by molar-refractivity contribution is -0.167. The Bertz CT molecular complexity index is 1220. The standard InChI is InChI=1S/C64H116O6/c1-4-7-10-13-16-19-22-25-27-29-31-32-33-35-36-39-42-45-48-51-54-57-63(66)69-60-61(59-68-62(65)56-53-50-47-44-41-38-24-21-18-15-12-9-6-3)70-64(67)58-55-52-49-46-43-40-37-34-30-28-26-23-20-17-14-11-8-5-2/h9,12,18,21,28,30,38,41,61H,4-8,10-11,13-17,19-20,22-27,29,31-37,39-40,42-60H2,1-3H3/b12-9-,21-18-,30-28-,41-38-. The first kappa shape index (κ1) is 67.4. The number of allylic oxidation sites excluding steroid dienone is 8. The van der Waals surface area contributed by atoms with E-state index in [0.717, 1.165) is 83.5 Å². The summed E-state index contributed by atoms with van der Waals surface area (Å²) in [6.45, 7) is 6.54. The number of unbranched alkanes of at least 4 members (excludes halogenated alkanes) is 37. The van der Waals surface area contributed by atoms with E-state index in [0.29, 0.717) is 19.3 Å². The average Bonchev–Trinajstić information content (AvgIpc) is 3.36. The van der Waals surface area contributed by atoms with Crippen LogP contribution in [0.4, 0.5) is 0 Å². The molecule has 408 valence electrons. The van der Waals surface area contributed by atoms with E-state index in [1.165, 1.54) is 199 Å². The van der Waals surface area contributed by atoms with E-state index in [9.17, 15) is 14.4 Å². The van der Waals surface area contributed by atoms with Crippen molar-refractivity contribution in [2.45, 2.75) is 329 Å². The molecule has 0 aliphatic heterocycles. The van der Waals surface area contributed by atoms with Crippen molar-refractivity contribution in [3.8, 4) is 0 Å². The monoisotopic (exact) mass is 981 g/mol. The molecule has 1 unspecified atom stereocenters. The Labute approximate surface area is 435 Å². The first-order chi connectivity index (χ1) is 34.5. The van der Waals surface area contributed by atoms with Crippen LogP contribution in [0.25, 0.3) is 0 Å². The summed E-state index contributed by atoms with van der Waals surface area (Å²) in [7, 11) is 0.